The molecule has 0 spiro atoms. The molecule has 0 radical (unpaired) electrons. The van der Waals surface area contributed by atoms with Crippen molar-refractivity contribution in [1.29, 1.82) is 0 Å². The number of benzene rings is 2. The highest BCUT2D eigenvalue weighted by Crippen LogP contribution is 2.20. The highest BCUT2D eigenvalue weighted by atomic mass is 35.5. The maximum Gasteiger partial charge on any atom is 0.279 e. The van der Waals surface area contributed by atoms with E-state index >= 15 is 0 Å². The Balaban J connectivity index is 1.43. The average molecular weight is 441 g/mol. The van der Waals surface area contributed by atoms with Gasteiger partial charge in [0.2, 0.25) is 0 Å². The highest BCUT2D eigenvalue weighted by Gasteiger charge is 2.21. The van der Waals surface area contributed by atoms with Gasteiger partial charge in [0.05, 0.1) is 12.1 Å². The van der Waals surface area contributed by atoms with E-state index in [2.05, 4.69) is 15.6 Å². The molecule has 0 unspecified atom stereocenters. The zero-order valence-electron chi connectivity index (χ0n) is 16.5. The maximum atomic E-state index is 13.3. The number of nitrogens with one attached hydrogen (secondary N) is 1. The van der Waals surface area contributed by atoms with E-state index in [0.29, 0.717) is 34.5 Å². The summed E-state index contributed by atoms with van der Waals surface area (Å²) in [5.74, 6) is 0.230. The molecule has 9 heteroatoms. The molecule has 0 aliphatic carbocycles. The second-order valence-corrected chi connectivity index (χ2v) is 7.16. The molecule has 2 heterocycles. The Morgan fingerprint density at radius 1 is 1.23 bits per heavy atom. The standard InChI is InChI=1S/C22H18ClFN4O3/c1-14-18(13-30-17-7-4-6-16(24)11-17)21(27-31-14)22(29)25-20-9-10-28(26-20)12-15-5-2-3-8-19(15)23/h2-11H,12-13H2,1H3,(H,25,26,29). The van der Waals surface area contributed by atoms with E-state index in [-0.39, 0.29) is 12.3 Å². The molecule has 0 aliphatic heterocycles. The van der Waals surface area contributed by atoms with Gasteiger partial charge >= 0.3 is 0 Å². The van der Waals surface area contributed by atoms with Gasteiger partial charge in [-0.15, -0.1) is 0 Å². The number of rotatable bonds is 7. The van der Waals surface area contributed by atoms with Crippen molar-refractivity contribution in [1.82, 2.24) is 14.9 Å². The molecule has 0 bridgehead atoms. The Kier molecular flexibility index (Phi) is 5.99. The molecule has 31 heavy (non-hydrogen) atoms. The first-order valence-electron chi connectivity index (χ1n) is 9.41. The lowest BCUT2D eigenvalue weighted by atomic mass is 10.2. The third-order valence-corrected chi connectivity index (χ3v) is 4.92. The normalized spacial score (nSPS) is 10.8. The molecule has 1 N–H and O–H groups in total. The zero-order valence-corrected chi connectivity index (χ0v) is 17.3. The molecule has 4 rings (SSSR count). The van der Waals surface area contributed by atoms with Crippen LogP contribution in [0.5, 0.6) is 5.75 Å². The molecule has 7 nitrogen and oxygen atoms in total. The molecule has 0 saturated carbocycles. The summed E-state index contributed by atoms with van der Waals surface area (Å²) in [5.41, 5.74) is 1.46. The van der Waals surface area contributed by atoms with Crippen LogP contribution in [0.3, 0.4) is 0 Å². The summed E-state index contributed by atoms with van der Waals surface area (Å²) < 4.78 is 25.7. The Morgan fingerprint density at radius 2 is 2.06 bits per heavy atom. The predicted molar refractivity (Wildman–Crippen MR) is 113 cm³/mol. The first-order chi connectivity index (χ1) is 15.0. The van der Waals surface area contributed by atoms with Crippen molar-refractivity contribution in [3.05, 3.63) is 94.2 Å². The van der Waals surface area contributed by atoms with Gasteiger partial charge in [-0.3, -0.25) is 9.48 Å². The molecule has 2 aromatic heterocycles. The van der Waals surface area contributed by atoms with Crippen LogP contribution in [0.25, 0.3) is 0 Å². The molecular formula is C22H18ClFN4O3. The molecule has 0 saturated heterocycles. The molecule has 158 valence electrons. The molecule has 2 aromatic carbocycles. The average Bonchev–Trinajstić information content (AvgIpc) is 3.34. The summed E-state index contributed by atoms with van der Waals surface area (Å²) in [4.78, 5) is 12.7. The smallest absolute Gasteiger partial charge is 0.279 e. The summed E-state index contributed by atoms with van der Waals surface area (Å²) in [5, 5.41) is 11.5. The third kappa shape index (κ3) is 4.92. The number of anilines is 1. The van der Waals surface area contributed by atoms with Crippen LogP contribution in [0.4, 0.5) is 10.2 Å². The summed E-state index contributed by atoms with van der Waals surface area (Å²) in [6, 6.07) is 14.9. The SMILES string of the molecule is Cc1onc(C(=O)Nc2ccn(Cc3ccccc3Cl)n2)c1COc1cccc(F)c1. The summed E-state index contributed by atoms with van der Waals surface area (Å²) in [7, 11) is 0. The molecule has 0 fully saturated rings. The Labute approximate surface area is 182 Å². The van der Waals surface area contributed by atoms with Crippen LogP contribution in [-0.2, 0) is 13.2 Å². The largest absolute Gasteiger partial charge is 0.489 e. The van der Waals surface area contributed by atoms with Crippen LogP contribution in [0, 0.1) is 12.7 Å². The van der Waals surface area contributed by atoms with Gasteiger partial charge in [-0.05, 0) is 30.7 Å². The van der Waals surface area contributed by atoms with Gasteiger partial charge in [-0.2, -0.15) is 5.10 Å². The number of aromatic nitrogens is 3. The monoisotopic (exact) mass is 440 g/mol. The lowest BCUT2D eigenvalue weighted by Crippen LogP contribution is -2.16. The number of aryl methyl sites for hydroxylation is 1. The predicted octanol–water partition coefficient (Wildman–Crippen LogP) is 4.85. The van der Waals surface area contributed by atoms with Crippen LogP contribution >= 0.6 is 11.6 Å². The Morgan fingerprint density at radius 3 is 2.87 bits per heavy atom. The van der Waals surface area contributed by atoms with Gasteiger partial charge in [-0.25, -0.2) is 4.39 Å². The number of carbonyl (C=O) groups excluding carboxylic acids is 1. The molecule has 1 amide bonds. The highest BCUT2D eigenvalue weighted by molar-refractivity contribution is 6.31. The molecular weight excluding hydrogens is 423 g/mol. The first-order valence-corrected chi connectivity index (χ1v) is 9.79. The summed E-state index contributed by atoms with van der Waals surface area (Å²) in [6.45, 7) is 2.14. The van der Waals surface area contributed by atoms with E-state index in [9.17, 15) is 9.18 Å². The van der Waals surface area contributed by atoms with E-state index in [1.165, 1.54) is 18.2 Å². The minimum absolute atomic E-state index is 0.00247. The van der Waals surface area contributed by atoms with E-state index in [4.69, 9.17) is 20.9 Å². The second-order valence-electron chi connectivity index (χ2n) is 6.76. The van der Waals surface area contributed by atoms with Gasteiger partial charge in [0.25, 0.3) is 5.91 Å². The van der Waals surface area contributed by atoms with Crippen molar-refractivity contribution < 1.29 is 18.4 Å². The molecule has 4 aromatic rings. The van der Waals surface area contributed by atoms with Crippen LogP contribution in [-0.4, -0.2) is 20.8 Å². The maximum absolute atomic E-state index is 13.3. The number of amides is 1. The van der Waals surface area contributed by atoms with Crippen molar-refractivity contribution >= 4 is 23.3 Å². The Hall–Kier alpha value is -3.65. The lowest BCUT2D eigenvalue weighted by molar-refractivity contribution is 0.101. The van der Waals surface area contributed by atoms with Crippen molar-refractivity contribution in [2.24, 2.45) is 0 Å². The van der Waals surface area contributed by atoms with E-state index in [0.717, 1.165) is 5.56 Å². The van der Waals surface area contributed by atoms with Gasteiger partial charge in [-0.1, -0.05) is 41.0 Å². The van der Waals surface area contributed by atoms with Crippen molar-refractivity contribution in [2.45, 2.75) is 20.1 Å². The number of ether oxygens (including phenoxy) is 1. The third-order valence-electron chi connectivity index (χ3n) is 4.55. The quantitative estimate of drug-likeness (QED) is 0.444. The van der Waals surface area contributed by atoms with Crippen LogP contribution < -0.4 is 10.1 Å². The van der Waals surface area contributed by atoms with Gasteiger partial charge < -0.3 is 14.6 Å². The van der Waals surface area contributed by atoms with Gasteiger partial charge in [0.15, 0.2) is 11.5 Å². The topological polar surface area (TPSA) is 82.2 Å². The van der Waals surface area contributed by atoms with E-state index in [1.807, 2.05) is 24.3 Å². The second kappa shape index (κ2) is 9.01. The fourth-order valence-electron chi connectivity index (χ4n) is 2.94. The number of hydrogen-bond donors (Lipinski definition) is 1. The van der Waals surface area contributed by atoms with Gasteiger partial charge in [0, 0.05) is 23.4 Å². The molecule has 0 aliphatic rings. The number of nitrogens with zero attached hydrogens (tertiary/aromatic N) is 3. The number of hydrogen-bond acceptors (Lipinski definition) is 5. The summed E-state index contributed by atoms with van der Waals surface area (Å²) in [6.07, 6.45) is 1.74. The fraction of sp³-hybridized carbons (Fsp3) is 0.136. The number of carbonyl (C=O) groups is 1. The first kappa shape index (κ1) is 20.6. The summed E-state index contributed by atoms with van der Waals surface area (Å²) >= 11 is 6.19. The van der Waals surface area contributed by atoms with E-state index in [1.54, 1.807) is 29.9 Å². The van der Waals surface area contributed by atoms with Crippen LogP contribution in [0.15, 0.2) is 65.3 Å². The van der Waals surface area contributed by atoms with Gasteiger partial charge in [0.1, 0.15) is 23.9 Å². The van der Waals surface area contributed by atoms with Crippen LogP contribution in [0.2, 0.25) is 5.02 Å². The fourth-order valence-corrected chi connectivity index (χ4v) is 3.14. The van der Waals surface area contributed by atoms with Crippen molar-refractivity contribution in [3.63, 3.8) is 0 Å². The van der Waals surface area contributed by atoms with E-state index < -0.39 is 11.7 Å². The van der Waals surface area contributed by atoms with Crippen molar-refractivity contribution in [2.75, 3.05) is 5.32 Å². The molecule has 0 atom stereocenters. The Bertz CT molecular complexity index is 1220. The van der Waals surface area contributed by atoms with Crippen molar-refractivity contribution in [3.8, 4) is 5.75 Å². The minimum atomic E-state index is -0.488. The minimum Gasteiger partial charge on any atom is -0.489 e. The zero-order chi connectivity index (χ0) is 21.8. The lowest BCUT2D eigenvalue weighted by Gasteiger charge is -2.07. The van der Waals surface area contributed by atoms with Crippen LogP contribution in [0.1, 0.15) is 27.4 Å². The number of halogens is 2.